The second-order valence-electron chi connectivity index (χ2n) is 9.74. The minimum Gasteiger partial charge on any atom is -0.494 e. The molecule has 0 aliphatic carbocycles. The smallest absolute Gasteiger partial charge is 0.119 e. The molecule has 4 rings (SSSR count). The molecule has 0 radical (unpaired) electrons. The lowest BCUT2D eigenvalue weighted by atomic mass is 10.2. The Kier molecular flexibility index (Phi) is 12.5. The van der Waals surface area contributed by atoms with Crippen LogP contribution in [0.5, 0.6) is 23.0 Å². The molecule has 0 unspecified atom stereocenters. The van der Waals surface area contributed by atoms with Crippen LogP contribution in [0.1, 0.15) is 50.7 Å². The Hall–Kier alpha value is -4.58. The third-order valence-corrected chi connectivity index (χ3v) is 6.18. The molecule has 0 saturated heterocycles. The van der Waals surface area contributed by atoms with Gasteiger partial charge in [-0.05, 0) is 134 Å². The Morgan fingerprint density at radius 1 is 0.429 bits per heavy atom. The molecule has 4 aromatic rings. The maximum atomic E-state index is 5.88. The van der Waals surface area contributed by atoms with Gasteiger partial charge in [0.1, 0.15) is 23.0 Å². The molecule has 0 aromatic heterocycles. The van der Waals surface area contributed by atoms with Crippen LogP contribution in [0, 0.1) is 0 Å². The van der Waals surface area contributed by atoms with E-state index in [-0.39, 0.29) is 0 Å². The molecule has 6 nitrogen and oxygen atoms in total. The van der Waals surface area contributed by atoms with E-state index in [0.717, 1.165) is 84.4 Å². The summed E-state index contributed by atoms with van der Waals surface area (Å²) in [5.41, 5.74) is 3.82. The fraction of sp³-hybridized carbons (Fsp3) is 0.278. The molecule has 0 saturated carbocycles. The van der Waals surface area contributed by atoms with E-state index < -0.39 is 0 Å². The monoisotopic (exact) mass is 564 g/mol. The van der Waals surface area contributed by atoms with E-state index in [1.807, 2.05) is 109 Å². The van der Waals surface area contributed by atoms with E-state index >= 15 is 0 Å². The van der Waals surface area contributed by atoms with Crippen molar-refractivity contribution >= 4 is 23.8 Å². The van der Waals surface area contributed by atoms with E-state index in [0.29, 0.717) is 13.2 Å². The maximum absolute atomic E-state index is 5.88. The zero-order valence-electron chi connectivity index (χ0n) is 24.6. The van der Waals surface area contributed by atoms with Crippen molar-refractivity contribution in [3.05, 3.63) is 108 Å². The van der Waals surface area contributed by atoms with Crippen LogP contribution in [-0.4, -0.2) is 38.9 Å². The van der Waals surface area contributed by atoms with Crippen molar-refractivity contribution in [2.45, 2.75) is 39.5 Å². The molecule has 0 bridgehead atoms. The molecular weight excluding hydrogens is 524 g/mol. The fourth-order valence-corrected chi connectivity index (χ4v) is 3.88. The fourth-order valence-electron chi connectivity index (χ4n) is 3.88. The van der Waals surface area contributed by atoms with Gasteiger partial charge in [0.25, 0.3) is 0 Å². The Labute approximate surface area is 249 Å². The van der Waals surface area contributed by atoms with Crippen LogP contribution in [0.25, 0.3) is 0 Å². The largest absolute Gasteiger partial charge is 0.494 e. The van der Waals surface area contributed by atoms with Crippen LogP contribution in [-0.2, 0) is 0 Å². The minimum absolute atomic E-state index is 0.637. The Morgan fingerprint density at radius 2 is 0.738 bits per heavy atom. The van der Waals surface area contributed by atoms with E-state index in [1.165, 1.54) is 0 Å². The molecule has 0 N–H and O–H groups in total. The van der Waals surface area contributed by atoms with Gasteiger partial charge < -0.3 is 18.9 Å². The van der Waals surface area contributed by atoms with Crippen molar-refractivity contribution in [1.29, 1.82) is 0 Å². The van der Waals surface area contributed by atoms with Gasteiger partial charge in [-0.1, -0.05) is 13.8 Å². The van der Waals surface area contributed by atoms with Gasteiger partial charge in [0.2, 0.25) is 0 Å². The first-order valence-electron chi connectivity index (χ1n) is 14.7. The van der Waals surface area contributed by atoms with Crippen LogP contribution in [0.15, 0.2) is 107 Å². The Bertz CT molecular complexity index is 1260. The Balaban J connectivity index is 1.10. The lowest BCUT2D eigenvalue weighted by molar-refractivity contribution is 0.266. The van der Waals surface area contributed by atoms with Crippen LogP contribution < -0.4 is 18.9 Å². The van der Waals surface area contributed by atoms with Crippen LogP contribution >= 0.6 is 0 Å². The first-order valence-corrected chi connectivity index (χ1v) is 14.7. The predicted molar refractivity (Wildman–Crippen MR) is 172 cm³/mol. The number of aliphatic imine (C=N–C) groups is 2. The summed E-state index contributed by atoms with van der Waals surface area (Å²) >= 11 is 0. The summed E-state index contributed by atoms with van der Waals surface area (Å²) in [6.45, 7) is 6.93. The molecule has 0 heterocycles. The third kappa shape index (κ3) is 10.8. The van der Waals surface area contributed by atoms with Crippen LogP contribution in [0.3, 0.4) is 0 Å². The van der Waals surface area contributed by atoms with E-state index in [9.17, 15) is 0 Å². The number of unbranched alkanes of at least 4 members (excludes halogenated alkanes) is 1. The van der Waals surface area contributed by atoms with Crippen molar-refractivity contribution in [3.8, 4) is 23.0 Å². The molecule has 4 aromatic carbocycles. The van der Waals surface area contributed by atoms with E-state index in [1.54, 1.807) is 0 Å². The molecule has 0 atom stereocenters. The average Bonchev–Trinajstić information content (AvgIpc) is 3.04. The third-order valence-electron chi connectivity index (χ3n) is 6.18. The second-order valence-corrected chi connectivity index (χ2v) is 9.74. The Morgan fingerprint density at radius 3 is 1.07 bits per heavy atom. The van der Waals surface area contributed by atoms with Gasteiger partial charge in [-0.2, -0.15) is 0 Å². The van der Waals surface area contributed by atoms with Gasteiger partial charge in [-0.15, -0.1) is 0 Å². The summed E-state index contributed by atoms with van der Waals surface area (Å²) in [7, 11) is 0. The van der Waals surface area contributed by atoms with Crippen molar-refractivity contribution in [2.75, 3.05) is 26.4 Å². The standard InChI is InChI=1S/C36H40N2O4/c1-3-23-39-33-15-7-29(8-16-33)27-37-31-11-19-35(20-12-31)41-25-5-6-26-42-36-21-13-32(14-22-36)38-28-30-9-17-34(18-10-30)40-24-4-2/h7-22,27-28H,3-6,23-26H2,1-2H3. The van der Waals surface area contributed by atoms with Crippen molar-refractivity contribution in [3.63, 3.8) is 0 Å². The predicted octanol–water partition coefficient (Wildman–Crippen LogP) is 9.00. The lowest BCUT2D eigenvalue weighted by Crippen LogP contribution is -2.02. The summed E-state index contributed by atoms with van der Waals surface area (Å²) in [6.07, 6.45) is 7.51. The molecule has 0 amide bonds. The minimum atomic E-state index is 0.637. The summed E-state index contributed by atoms with van der Waals surface area (Å²) in [4.78, 5) is 9.10. The first-order chi connectivity index (χ1) is 20.7. The van der Waals surface area contributed by atoms with E-state index in [4.69, 9.17) is 18.9 Å². The molecule has 0 aliphatic rings. The van der Waals surface area contributed by atoms with Crippen molar-refractivity contribution in [2.24, 2.45) is 9.98 Å². The summed E-state index contributed by atoms with van der Waals surface area (Å²) < 4.78 is 23.0. The molecule has 42 heavy (non-hydrogen) atoms. The summed E-state index contributed by atoms with van der Waals surface area (Å²) in [5, 5.41) is 0. The molecule has 0 aliphatic heterocycles. The summed E-state index contributed by atoms with van der Waals surface area (Å²) in [5.74, 6) is 3.44. The lowest BCUT2D eigenvalue weighted by Gasteiger charge is -2.08. The van der Waals surface area contributed by atoms with Gasteiger partial charge in [0, 0.05) is 12.4 Å². The highest BCUT2D eigenvalue weighted by atomic mass is 16.5. The first kappa shape index (κ1) is 30.4. The number of rotatable bonds is 17. The quantitative estimate of drug-likeness (QED) is 0.0948. The molecule has 6 heteroatoms. The summed E-state index contributed by atoms with van der Waals surface area (Å²) in [6, 6.07) is 31.5. The van der Waals surface area contributed by atoms with Crippen LogP contribution in [0.2, 0.25) is 0 Å². The molecule has 218 valence electrons. The van der Waals surface area contributed by atoms with Gasteiger partial charge in [-0.25, -0.2) is 0 Å². The highest BCUT2D eigenvalue weighted by Crippen LogP contribution is 2.21. The topological polar surface area (TPSA) is 61.6 Å². The van der Waals surface area contributed by atoms with Gasteiger partial charge >= 0.3 is 0 Å². The second kappa shape index (κ2) is 17.3. The number of ether oxygens (including phenoxy) is 4. The maximum Gasteiger partial charge on any atom is 0.119 e. The SMILES string of the molecule is CCCOc1ccc(C=Nc2ccc(OCCCCOc3ccc(N=Cc4ccc(OCCC)cc4)cc3)cc2)cc1. The molecule has 0 spiro atoms. The van der Waals surface area contributed by atoms with Crippen LogP contribution in [0.4, 0.5) is 11.4 Å². The van der Waals surface area contributed by atoms with Gasteiger partial charge in [-0.3, -0.25) is 9.98 Å². The highest BCUT2D eigenvalue weighted by Gasteiger charge is 1.99. The zero-order valence-corrected chi connectivity index (χ0v) is 24.6. The highest BCUT2D eigenvalue weighted by molar-refractivity contribution is 5.82. The zero-order chi connectivity index (χ0) is 29.2. The molecular formula is C36H40N2O4. The number of hydrogen-bond acceptors (Lipinski definition) is 6. The van der Waals surface area contributed by atoms with Crippen molar-refractivity contribution in [1.82, 2.24) is 0 Å². The normalized spacial score (nSPS) is 11.2. The van der Waals surface area contributed by atoms with Gasteiger partial charge in [0.15, 0.2) is 0 Å². The number of hydrogen-bond donors (Lipinski definition) is 0. The number of benzene rings is 4. The average molecular weight is 565 g/mol. The van der Waals surface area contributed by atoms with Gasteiger partial charge in [0.05, 0.1) is 37.8 Å². The van der Waals surface area contributed by atoms with Crippen molar-refractivity contribution < 1.29 is 18.9 Å². The molecule has 0 fully saturated rings. The van der Waals surface area contributed by atoms with E-state index in [2.05, 4.69) is 23.8 Å². The number of nitrogens with zero attached hydrogens (tertiary/aromatic N) is 2.